The van der Waals surface area contributed by atoms with Gasteiger partial charge < -0.3 is 9.15 Å². The largest absolute Gasteiger partial charge is 0.458 e. The summed E-state index contributed by atoms with van der Waals surface area (Å²) in [5.74, 6) is 1.84. The first-order valence-corrected chi connectivity index (χ1v) is 27.8. The normalized spacial score (nSPS) is 19.3. The van der Waals surface area contributed by atoms with Gasteiger partial charge in [-0.1, -0.05) is 188 Å². The molecule has 0 atom stereocenters. The number of aromatic nitrogens is 4. The molecule has 5 heterocycles. The maximum absolute atomic E-state index is 10.2. The molecule has 0 spiro atoms. The second-order valence-electron chi connectivity index (χ2n) is 22.8. The van der Waals surface area contributed by atoms with Gasteiger partial charge in [0, 0.05) is 55.7 Å². The van der Waals surface area contributed by atoms with E-state index in [1.54, 1.807) is 12.1 Å². The van der Waals surface area contributed by atoms with E-state index < -0.39 is 85.8 Å². The molecule has 2 aliphatic rings. The monoisotopic (exact) mass is 1110 g/mol. The minimum atomic E-state index is -4.50. The van der Waals surface area contributed by atoms with Crippen LogP contribution in [0, 0.1) is 6.33 Å². The number of furan rings is 1. The Labute approximate surface area is 516 Å². The third kappa shape index (κ3) is 7.84. The van der Waals surface area contributed by atoms with Gasteiger partial charge >= 0.3 is 0 Å². The number of nitrogens with zero attached hydrogens (tertiary/aromatic N) is 4. The van der Waals surface area contributed by atoms with Crippen molar-refractivity contribution in [3.8, 4) is 84.3 Å². The summed E-state index contributed by atoms with van der Waals surface area (Å²) in [6.07, 6.45) is -3.35. The van der Waals surface area contributed by atoms with Crippen LogP contribution in [-0.2, 0) is 16.2 Å². The number of para-hydroxylation sites is 4. The Morgan fingerprint density at radius 1 is 0.548 bits per heavy atom. The fourth-order valence-corrected chi connectivity index (χ4v) is 12.5. The second-order valence-corrected chi connectivity index (χ2v) is 22.8. The zero-order valence-electron chi connectivity index (χ0n) is 64.7. The number of imidazole rings is 1. The van der Waals surface area contributed by atoms with E-state index in [1.807, 2.05) is 173 Å². The Morgan fingerprint density at radius 3 is 2.08 bits per heavy atom. The predicted octanol–water partition coefficient (Wildman–Crippen LogP) is 20.2. The fraction of sp³-hybridized carbons (Fsp3) is 0.154. The first-order valence-electron chi connectivity index (χ1n) is 37.3. The van der Waals surface area contributed by atoms with Crippen LogP contribution < -0.4 is 9.30 Å². The zero-order valence-corrected chi connectivity index (χ0v) is 45.7. The molecule has 0 saturated heterocycles. The summed E-state index contributed by atoms with van der Waals surface area (Å²) in [7, 11) is 0. The van der Waals surface area contributed by atoms with Gasteiger partial charge in [-0.05, 0) is 174 Å². The van der Waals surface area contributed by atoms with Crippen molar-refractivity contribution in [2.75, 3.05) is 0 Å². The van der Waals surface area contributed by atoms with Crippen LogP contribution in [0.5, 0.6) is 11.5 Å². The quantitative estimate of drug-likeness (QED) is 0.123. The van der Waals surface area contributed by atoms with Gasteiger partial charge in [-0.2, -0.15) is 0 Å². The van der Waals surface area contributed by atoms with Gasteiger partial charge in [0.25, 0.3) is 6.33 Å². The number of benzene rings is 10. The highest BCUT2D eigenvalue weighted by atomic mass is 16.5. The van der Waals surface area contributed by atoms with Crippen molar-refractivity contribution in [2.45, 2.75) is 77.2 Å². The maximum atomic E-state index is 10.2. The summed E-state index contributed by atoms with van der Waals surface area (Å²) in [4.78, 5) is 4.89. The van der Waals surface area contributed by atoms with Crippen molar-refractivity contribution in [2.24, 2.45) is 0 Å². The Hall–Kier alpha value is -9.78. The van der Waals surface area contributed by atoms with Crippen molar-refractivity contribution in [1.29, 1.82) is 0 Å². The second kappa shape index (κ2) is 18.4. The molecule has 4 aromatic heterocycles. The Kier molecular flexibility index (Phi) is 7.43. The molecule has 10 aromatic carbocycles. The molecule has 0 amide bonds. The smallest absolute Gasteiger partial charge is 0.269 e. The summed E-state index contributed by atoms with van der Waals surface area (Å²) >= 11 is 0. The summed E-state index contributed by atoms with van der Waals surface area (Å²) < 4.78 is 194. The van der Waals surface area contributed by atoms with E-state index in [0.717, 1.165) is 60.6 Å². The van der Waals surface area contributed by atoms with Crippen LogP contribution in [0.2, 0.25) is 0 Å². The van der Waals surface area contributed by atoms with Crippen molar-refractivity contribution in [3.05, 3.63) is 248 Å². The molecule has 1 aliphatic heterocycles. The molecular weight excluding hydrogens is 1020 g/mol. The van der Waals surface area contributed by atoms with Gasteiger partial charge in [0.15, 0.2) is 0 Å². The van der Waals surface area contributed by atoms with E-state index >= 15 is 0 Å². The van der Waals surface area contributed by atoms with Gasteiger partial charge in [0.1, 0.15) is 28.5 Å². The Bertz CT molecular complexity index is 5900. The zero-order chi connectivity index (χ0) is 73.0. The number of hydrogen-bond donors (Lipinski definition) is 0. The van der Waals surface area contributed by atoms with Crippen LogP contribution in [0.15, 0.2) is 229 Å². The van der Waals surface area contributed by atoms with E-state index in [-0.39, 0.29) is 11.0 Å². The molecule has 0 saturated carbocycles. The van der Waals surface area contributed by atoms with Crippen LogP contribution in [0.4, 0.5) is 0 Å². The molecule has 0 bridgehead atoms. The Morgan fingerprint density at radius 2 is 1.23 bits per heavy atom. The minimum absolute atomic E-state index is 0.137. The molecule has 0 unspecified atom stereocenters. The summed E-state index contributed by atoms with van der Waals surface area (Å²) in [6.45, 7) is -10.4. The minimum Gasteiger partial charge on any atom is -0.458 e. The highest BCUT2D eigenvalue weighted by Gasteiger charge is 2.37. The summed E-state index contributed by atoms with van der Waals surface area (Å²) in [6, 6.07) is 59.9. The average Bonchev–Trinajstić information content (AvgIpc) is 1.31. The lowest BCUT2D eigenvalue weighted by Crippen LogP contribution is -2.33. The van der Waals surface area contributed by atoms with E-state index in [4.69, 9.17) is 30.6 Å². The standard InChI is InChI=1S/C78H62N4O2/c1-76(2,3)51-37-40-79-73(44-51)82-68-26-12-10-21-59(68)60-34-32-54(46-70(60)82)83-53-18-14-17-52(45-53)80-47-81-74-55(50-31-36-72-65(42-50)61-22-11-13-28-71(61)84-72)23-15-24-63(74)64-41-48(49-30-35-66-67(43-49)78(6,7)39-38-77(66,4)5)29-33-58(64)56-19-8-9-20-57(56)62-25-16-27-69(80)75(62)81/h8-37,40-46H,38-39H2,1-7H3/i4D3,5D3,6D3,7D3,30D,35D,38D2,39D2,43D. The molecule has 0 N–H and O–H groups in total. The van der Waals surface area contributed by atoms with Gasteiger partial charge in [0.05, 0.1) is 37.6 Å². The molecule has 0 radical (unpaired) electrons. The number of rotatable bonds is 6. The van der Waals surface area contributed by atoms with Crippen molar-refractivity contribution >= 4 is 54.8 Å². The van der Waals surface area contributed by atoms with Crippen molar-refractivity contribution in [3.63, 3.8) is 0 Å². The number of pyridine rings is 1. The highest BCUT2D eigenvalue weighted by Crippen LogP contribution is 2.50. The number of fused-ring (bicyclic) bond motifs is 14. The first-order chi connectivity index (χ1) is 48.5. The Balaban J connectivity index is 0.949. The van der Waals surface area contributed by atoms with Gasteiger partial charge in [-0.15, -0.1) is 0 Å². The molecule has 406 valence electrons. The molecule has 6 heteroatoms. The lowest BCUT2D eigenvalue weighted by Gasteiger charge is -2.42. The van der Waals surface area contributed by atoms with Crippen LogP contribution >= 0.6 is 0 Å². The molecule has 16 rings (SSSR count). The lowest BCUT2D eigenvalue weighted by molar-refractivity contribution is -0.570. The first kappa shape index (κ1) is 34.0. The van der Waals surface area contributed by atoms with E-state index in [1.165, 1.54) is 6.07 Å². The average molecular weight is 1110 g/mol. The molecule has 1 aliphatic carbocycles. The molecule has 0 fully saturated rings. The highest BCUT2D eigenvalue weighted by molar-refractivity contribution is 6.10. The van der Waals surface area contributed by atoms with Gasteiger partial charge in [-0.25, -0.2) is 4.98 Å². The van der Waals surface area contributed by atoms with E-state index in [2.05, 4.69) is 55.9 Å². The lowest BCUT2D eigenvalue weighted by atomic mass is 9.63. The fourth-order valence-electron chi connectivity index (χ4n) is 12.5. The number of ether oxygens (including phenoxy) is 1. The maximum Gasteiger partial charge on any atom is 0.269 e. The third-order valence-corrected chi connectivity index (χ3v) is 16.5. The van der Waals surface area contributed by atoms with Gasteiger partial charge in [-0.3, -0.25) is 13.7 Å². The van der Waals surface area contributed by atoms with Crippen LogP contribution in [0.3, 0.4) is 0 Å². The van der Waals surface area contributed by atoms with Crippen LogP contribution in [0.25, 0.3) is 128 Å². The molecule has 14 aromatic rings. The van der Waals surface area contributed by atoms with E-state index in [0.29, 0.717) is 72.9 Å². The molecule has 6 nitrogen and oxygen atoms in total. The number of hydrogen-bond acceptors (Lipinski definition) is 3. The third-order valence-electron chi connectivity index (χ3n) is 16.5. The SMILES string of the molecule is [2H]c1c([2H])c2c(c([2H])c1-c1ccc3c(c1)-c1cccc(-c4ccc5oc6ccccc6c5c4)c1-[n+]1[c-]n(-c4cccc(Oc5ccc6c7ccccc7n(-c7cc(C(C)(C)C)ccn7)c6c5)c4)c4cccc(c41)-c1ccccc1-3)C(C([2H])([2H])[2H])(C([2H])([2H])[2H])C([2H])([2H])C([2H])([2H])C2(C([2H])([2H])[2H])C([2H])([2H])[2H]. The molecular formula is C78H62N4O2. The van der Waals surface area contributed by atoms with Crippen molar-refractivity contribution in [1.82, 2.24) is 14.1 Å². The van der Waals surface area contributed by atoms with Crippen molar-refractivity contribution < 1.29 is 39.8 Å². The van der Waals surface area contributed by atoms with Crippen LogP contribution in [0.1, 0.15) is 104 Å². The predicted molar refractivity (Wildman–Crippen MR) is 344 cm³/mol. The summed E-state index contributed by atoms with van der Waals surface area (Å²) in [5, 5.41) is 3.76. The topological polar surface area (TPSA) is 49.0 Å². The summed E-state index contributed by atoms with van der Waals surface area (Å²) in [5.41, 5.74) is -0.645. The van der Waals surface area contributed by atoms with Crippen LogP contribution in [-0.4, -0.2) is 14.1 Å². The van der Waals surface area contributed by atoms with Gasteiger partial charge in [0.2, 0.25) is 0 Å². The molecule has 84 heavy (non-hydrogen) atoms. The van der Waals surface area contributed by atoms with E-state index in [9.17, 15) is 9.60 Å².